The summed E-state index contributed by atoms with van der Waals surface area (Å²) in [4.78, 5) is 20.9. The summed E-state index contributed by atoms with van der Waals surface area (Å²) >= 11 is 0. The van der Waals surface area contributed by atoms with Gasteiger partial charge in [-0.25, -0.2) is 4.98 Å². The number of carbonyl (C=O) groups excluding carboxylic acids is 1. The van der Waals surface area contributed by atoms with Gasteiger partial charge in [-0.2, -0.15) is 4.98 Å². The highest BCUT2D eigenvalue weighted by Gasteiger charge is 2.06. The van der Waals surface area contributed by atoms with Crippen molar-refractivity contribution in [1.29, 1.82) is 0 Å². The Morgan fingerprint density at radius 2 is 1.69 bits per heavy atom. The van der Waals surface area contributed by atoms with Gasteiger partial charge in [0.2, 0.25) is 5.95 Å². The number of carbonyl (C=O) groups is 1. The van der Waals surface area contributed by atoms with Gasteiger partial charge in [0.05, 0.1) is 0 Å². The largest absolute Gasteiger partial charge is 0.370 e. The average Bonchev–Trinajstić information content (AvgIpc) is 2.67. The van der Waals surface area contributed by atoms with Gasteiger partial charge in [-0.3, -0.25) is 4.79 Å². The van der Waals surface area contributed by atoms with Gasteiger partial charge in [-0.05, 0) is 50.2 Å². The number of nitrogens with one attached hydrogen (secondary N) is 3. The molecule has 0 saturated heterocycles. The third-order valence-electron chi connectivity index (χ3n) is 3.75. The third-order valence-corrected chi connectivity index (χ3v) is 3.75. The van der Waals surface area contributed by atoms with E-state index in [-0.39, 0.29) is 5.91 Å². The first-order chi connectivity index (χ1) is 12.7. The minimum atomic E-state index is -0.136. The molecular weight excluding hydrogens is 326 g/mol. The molecule has 0 unspecified atom stereocenters. The highest BCUT2D eigenvalue weighted by molar-refractivity contribution is 6.04. The number of aromatic nitrogens is 2. The van der Waals surface area contributed by atoms with Crippen LogP contribution >= 0.6 is 0 Å². The molecule has 2 aromatic carbocycles. The monoisotopic (exact) mass is 347 g/mol. The van der Waals surface area contributed by atoms with E-state index in [1.54, 1.807) is 18.3 Å². The maximum absolute atomic E-state index is 12.2. The van der Waals surface area contributed by atoms with Crippen LogP contribution in [0, 0.1) is 6.92 Å². The van der Waals surface area contributed by atoms with Crippen LogP contribution in [-0.2, 0) is 0 Å². The van der Waals surface area contributed by atoms with Crippen molar-refractivity contribution in [3.8, 4) is 0 Å². The minimum absolute atomic E-state index is 0.136. The first-order valence-corrected chi connectivity index (χ1v) is 8.46. The lowest BCUT2D eigenvalue weighted by molar-refractivity contribution is 0.102. The summed E-state index contributed by atoms with van der Waals surface area (Å²) in [5, 5.41) is 9.25. The maximum Gasteiger partial charge on any atom is 0.255 e. The van der Waals surface area contributed by atoms with Crippen LogP contribution in [0.4, 0.5) is 23.1 Å². The molecule has 3 N–H and O–H groups in total. The number of hydrogen-bond acceptors (Lipinski definition) is 5. The van der Waals surface area contributed by atoms with E-state index in [1.807, 2.05) is 56.3 Å². The molecule has 26 heavy (non-hydrogen) atoms. The number of nitrogens with zero attached hydrogens (tertiary/aromatic N) is 2. The molecule has 0 bridgehead atoms. The Labute approximate surface area is 152 Å². The molecular formula is C20H21N5O. The zero-order chi connectivity index (χ0) is 18.4. The normalized spacial score (nSPS) is 10.2. The topological polar surface area (TPSA) is 78.9 Å². The summed E-state index contributed by atoms with van der Waals surface area (Å²) in [6.07, 6.45) is 1.78. The van der Waals surface area contributed by atoms with Crippen LogP contribution in [-0.4, -0.2) is 22.4 Å². The fourth-order valence-corrected chi connectivity index (χ4v) is 2.41. The average molecular weight is 347 g/mol. The summed E-state index contributed by atoms with van der Waals surface area (Å²) in [6, 6.07) is 16.5. The summed E-state index contributed by atoms with van der Waals surface area (Å²) in [7, 11) is 0. The quantitative estimate of drug-likeness (QED) is 0.622. The molecule has 1 amide bonds. The van der Waals surface area contributed by atoms with Gasteiger partial charge in [-0.1, -0.05) is 18.2 Å². The Kier molecular flexibility index (Phi) is 5.43. The highest BCUT2D eigenvalue weighted by Crippen LogP contribution is 2.19. The first kappa shape index (κ1) is 17.4. The maximum atomic E-state index is 12.2. The predicted molar refractivity (Wildman–Crippen MR) is 105 cm³/mol. The van der Waals surface area contributed by atoms with Crippen molar-refractivity contribution in [1.82, 2.24) is 9.97 Å². The molecule has 0 aliphatic rings. The minimum Gasteiger partial charge on any atom is -0.370 e. The fourth-order valence-electron chi connectivity index (χ4n) is 2.41. The number of hydrogen-bond donors (Lipinski definition) is 3. The Morgan fingerprint density at radius 1 is 1.00 bits per heavy atom. The van der Waals surface area contributed by atoms with E-state index < -0.39 is 0 Å². The molecule has 0 fully saturated rings. The second kappa shape index (κ2) is 8.11. The van der Waals surface area contributed by atoms with Gasteiger partial charge in [0.1, 0.15) is 5.82 Å². The van der Waals surface area contributed by atoms with Crippen LogP contribution in [0.1, 0.15) is 22.8 Å². The lowest BCUT2D eigenvalue weighted by Crippen LogP contribution is -2.11. The van der Waals surface area contributed by atoms with E-state index in [9.17, 15) is 4.79 Å². The molecule has 0 saturated carbocycles. The Morgan fingerprint density at radius 3 is 2.38 bits per heavy atom. The molecule has 0 spiro atoms. The molecule has 3 rings (SSSR count). The van der Waals surface area contributed by atoms with Crippen molar-refractivity contribution in [3.63, 3.8) is 0 Å². The van der Waals surface area contributed by atoms with E-state index in [1.165, 1.54) is 0 Å². The Bertz CT molecular complexity index is 878. The second-order valence-electron chi connectivity index (χ2n) is 5.78. The molecule has 0 radical (unpaired) electrons. The van der Waals surface area contributed by atoms with Gasteiger partial charge in [0, 0.05) is 35.2 Å². The van der Waals surface area contributed by atoms with Gasteiger partial charge < -0.3 is 16.0 Å². The fraction of sp³-hybridized carbons (Fsp3) is 0.150. The number of anilines is 4. The SMILES string of the molecule is CCNc1nc(Nc2ccc(NC(=O)c3ccccc3)cc2)ncc1C. The zero-order valence-electron chi connectivity index (χ0n) is 14.8. The van der Waals surface area contributed by atoms with E-state index in [0.29, 0.717) is 11.5 Å². The van der Waals surface area contributed by atoms with Gasteiger partial charge >= 0.3 is 0 Å². The second-order valence-corrected chi connectivity index (χ2v) is 5.78. The number of benzene rings is 2. The molecule has 0 aliphatic heterocycles. The van der Waals surface area contributed by atoms with Gasteiger partial charge in [0.25, 0.3) is 5.91 Å². The summed E-state index contributed by atoms with van der Waals surface area (Å²) in [5.74, 6) is 1.20. The molecule has 132 valence electrons. The van der Waals surface area contributed by atoms with E-state index in [0.717, 1.165) is 29.3 Å². The smallest absolute Gasteiger partial charge is 0.255 e. The van der Waals surface area contributed by atoms with Crippen LogP contribution in [0.15, 0.2) is 60.8 Å². The predicted octanol–water partition coefficient (Wildman–Crippen LogP) is 4.21. The van der Waals surface area contributed by atoms with E-state index in [4.69, 9.17) is 0 Å². The van der Waals surface area contributed by atoms with Crippen molar-refractivity contribution in [2.75, 3.05) is 22.5 Å². The van der Waals surface area contributed by atoms with Crippen LogP contribution in [0.25, 0.3) is 0 Å². The van der Waals surface area contributed by atoms with E-state index in [2.05, 4.69) is 25.9 Å². The summed E-state index contributed by atoms with van der Waals surface area (Å²) in [5.41, 5.74) is 3.19. The van der Waals surface area contributed by atoms with Crippen molar-refractivity contribution in [2.24, 2.45) is 0 Å². The Balaban J connectivity index is 1.66. The molecule has 1 aromatic heterocycles. The van der Waals surface area contributed by atoms with Crippen molar-refractivity contribution >= 4 is 29.0 Å². The Hall–Kier alpha value is -3.41. The van der Waals surface area contributed by atoms with Crippen LogP contribution in [0.3, 0.4) is 0 Å². The van der Waals surface area contributed by atoms with Gasteiger partial charge in [-0.15, -0.1) is 0 Å². The van der Waals surface area contributed by atoms with Gasteiger partial charge in [0.15, 0.2) is 0 Å². The first-order valence-electron chi connectivity index (χ1n) is 8.46. The summed E-state index contributed by atoms with van der Waals surface area (Å²) in [6.45, 7) is 4.79. The van der Waals surface area contributed by atoms with Crippen LogP contribution in [0.5, 0.6) is 0 Å². The summed E-state index contributed by atoms with van der Waals surface area (Å²) < 4.78 is 0. The molecule has 6 nitrogen and oxygen atoms in total. The lowest BCUT2D eigenvalue weighted by Gasteiger charge is -2.10. The molecule has 6 heteroatoms. The number of rotatable bonds is 6. The lowest BCUT2D eigenvalue weighted by atomic mass is 10.2. The van der Waals surface area contributed by atoms with E-state index >= 15 is 0 Å². The van der Waals surface area contributed by atoms with Crippen molar-refractivity contribution in [3.05, 3.63) is 71.9 Å². The van der Waals surface area contributed by atoms with Crippen molar-refractivity contribution in [2.45, 2.75) is 13.8 Å². The zero-order valence-corrected chi connectivity index (χ0v) is 14.8. The standard InChI is InChI=1S/C20H21N5O/c1-3-21-18-14(2)13-22-20(25-18)24-17-11-9-16(10-12-17)23-19(26)15-7-5-4-6-8-15/h4-13H,3H2,1-2H3,(H,23,26)(H2,21,22,24,25). The van der Waals surface area contributed by atoms with Crippen LogP contribution < -0.4 is 16.0 Å². The number of amides is 1. The molecule has 3 aromatic rings. The molecule has 0 atom stereocenters. The number of aryl methyl sites for hydroxylation is 1. The third kappa shape index (κ3) is 4.36. The molecule has 0 aliphatic carbocycles. The highest BCUT2D eigenvalue weighted by atomic mass is 16.1. The van der Waals surface area contributed by atoms with Crippen LogP contribution in [0.2, 0.25) is 0 Å². The van der Waals surface area contributed by atoms with Crippen molar-refractivity contribution < 1.29 is 4.79 Å². The molecule has 1 heterocycles.